The Balaban J connectivity index is 3.71. The fourth-order valence-electron chi connectivity index (χ4n) is 0.0337. The van der Waals surface area contributed by atoms with Gasteiger partial charge in [-0.15, -0.1) is 0 Å². The van der Waals surface area contributed by atoms with Crippen molar-refractivity contribution in [2.45, 2.75) is 2.69 Å². The van der Waals surface area contributed by atoms with Crippen molar-refractivity contribution < 1.29 is 0 Å². The lowest BCUT2D eigenvalue weighted by atomic mass is 11.0. The molecule has 0 aliphatic heterocycles. The maximum Gasteiger partial charge on any atom is 0.153 e. The van der Waals surface area contributed by atoms with Gasteiger partial charge in [0.25, 0.3) is 0 Å². The van der Waals surface area contributed by atoms with E-state index in [1.807, 2.05) is 0 Å². The first-order valence-electron chi connectivity index (χ1n) is 1.46. The monoisotopic (exact) mass is 600 g/mol. The molecule has 0 bridgehead atoms. The van der Waals surface area contributed by atoms with Gasteiger partial charge in [-0.1, -0.05) is 90.4 Å². The Labute approximate surface area is 112 Å². The van der Waals surface area contributed by atoms with E-state index in [1.165, 1.54) is 11.0 Å². The van der Waals surface area contributed by atoms with Crippen LogP contribution < -0.4 is 0 Å². The highest BCUT2D eigenvalue weighted by Crippen LogP contribution is 2.50. The van der Waals surface area contributed by atoms with E-state index in [0.717, 1.165) is 0 Å². The van der Waals surface area contributed by atoms with E-state index in [2.05, 4.69) is 90.4 Å². The molecule has 0 N–H and O–H groups in total. The summed E-state index contributed by atoms with van der Waals surface area (Å²) in [4.78, 5) is 0. The Kier molecular flexibility index (Phi) is 7.58. The second-order valence-corrected chi connectivity index (χ2v) is 14.0. The lowest BCUT2D eigenvalue weighted by Gasteiger charge is -2.16. The molecule has 0 aliphatic rings. The van der Waals surface area contributed by atoms with Crippen LogP contribution >= 0.6 is 112 Å². The van der Waals surface area contributed by atoms with Crippen molar-refractivity contribution in [1.29, 1.82) is 0 Å². The molecule has 0 aromatic heterocycles. The van der Waals surface area contributed by atoms with Crippen LogP contribution in [0.2, 0.25) is 0 Å². The van der Waals surface area contributed by atoms with Crippen molar-refractivity contribution >= 4 is 112 Å². The average Bonchev–Trinajstić information content (AvgIpc) is 1.67. The maximum atomic E-state index is 5.58. The highest BCUT2D eigenvalue weighted by atomic mass is 127. The zero-order valence-electron chi connectivity index (χ0n) is 3.38. The molecule has 0 saturated heterocycles. The fraction of sp³-hybridized carbons (Fsp3) is 1.00. The Bertz CT molecular complexity index is 74.4. The van der Waals surface area contributed by atoms with Gasteiger partial charge in [-0.3, -0.25) is 0 Å². The predicted molar refractivity (Wildman–Crippen MR) is 76.0 cm³/mol. The van der Waals surface area contributed by atoms with Gasteiger partial charge in [0, 0.05) is 0 Å². The second kappa shape index (κ2) is 5.25. The van der Waals surface area contributed by atoms with Gasteiger partial charge in [-0.05, 0) is 21.7 Å². The Morgan fingerprint density at radius 3 is 1.75 bits per heavy atom. The third-order valence-electron chi connectivity index (χ3n) is 0.357. The van der Waals surface area contributed by atoms with Crippen molar-refractivity contribution in [3.8, 4) is 0 Å². The molecule has 0 nitrogen and oxygen atoms in total. The number of alkyl halides is 4. The molecule has 0 radical (unpaired) electrons. The normalized spacial score (nSPS) is 12.8. The van der Waals surface area contributed by atoms with Crippen molar-refractivity contribution in [1.82, 2.24) is 0 Å². The van der Waals surface area contributed by atoms with Gasteiger partial charge in [0.2, 0.25) is 0 Å². The Morgan fingerprint density at radius 1 is 1.38 bits per heavy atom. The molecule has 0 unspecified atom stereocenters. The first kappa shape index (κ1) is 11.6. The van der Waals surface area contributed by atoms with Gasteiger partial charge in [-0.25, -0.2) is 0 Å². The van der Waals surface area contributed by atoms with Gasteiger partial charge < -0.3 is 0 Å². The summed E-state index contributed by atoms with van der Waals surface area (Å²) in [5.41, 5.74) is 0. The van der Waals surface area contributed by atoms with Crippen LogP contribution in [0.3, 0.4) is 0 Å². The van der Waals surface area contributed by atoms with E-state index in [1.54, 1.807) is 0 Å². The first-order chi connectivity index (χ1) is 3.50. The minimum atomic E-state index is 0.137. The van der Waals surface area contributed by atoms with Crippen LogP contribution in [-0.4, -0.2) is 2.69 Å². The highest BCUT2D eigenvalue weighted by Gasteiger charge is 2.29. The van der Waals surface area contributed by atoms with Crippen LogP contribution in [0.1, 0.15) is 0 Å². The number of rotatable bonds is 2. The molecule has 0 fully saturated rings. The zero-order chi connectivity index (χ0) is 6.78. The fourth-order valence-corrected chi connectivity index (χ4v) is 2.03. The van der Waals surface area contributed by atoms with E-state index in [9.17, 15) is 0 Å². The third-order valence-corrected chi connectivity index (χ3v) is 13.1. The lowest BCUT2D eigenvalue weighted by Crippen LogP contribution is -2.10. The summed E-state index contributed by atoms with van der Waals surface area (Å²) in [5, 5.41) is 0. The van der Waals surface area contributed by atoms with Gasteiger partial charge in [0.15, 0.2) is 0.760 Å². The van der Waals surface area contributed by atoms with Crippen molar-refractivity contribution in [2.75, 3.05) is 0 Å². The van der Waals surface area contributed by atoms with Gasteiger partial charge in [0.1, 0.15) is 0 Å². The molecule has 0 heterocycles. The summed E-state index contributed by atoms with van der Waals surface area (Å²) >= 11 is 9.37. The Morgan fingerprint density at radius 2 is 1.75 bits per heavy atom. The number of hydrogen-bond donors (Lipinski definition) is 0. The third kappa shape index (κ3) is 4.44. The molecule has 0 saturated carbocycles. The van der Waals surface area contributed by atoms with Gasteiger partial charge in [-0.2, -0.15) is 0 Å². The first-order valence-corrected chi connectivity index (χ1v) is 7.75. The van der Waals surface area contributed by atoms with E-state index in [0.29, 0.717) is 1.93 Å². The standard InChI is InChI=1S/C2HClI4S/c3-8-2(6,7)1(4)5/h1H. The topological polar surface area (TPSA) is 0 Å². The lowest BCUT2D eigenvalue weighted by molar-refractivity contribution is 1.48. The van der Waals surface area contributed by atoms with Crippen molar-refractivity contribution in [3.05, 3.63) is 0 Å². The van der Waals surface area contributed by atoms with Crippen molar-refractivity contribution in [3.63, 3.8) is 0 Å². The quantitative estimate of drug-likeness (QED) is 0.331. The summed E-state index contributed by atoms with van der Waals surface area (Å²) in [6.07, 6.45) is 0. The maximum absolute atomic E-state index is 5.58. The highest BCUT2D eigenvalue weighted by molar-refractivity contribution is 14.2. The molecule has 0 aromatic rings. The van der Waals surface area contributed by atoms with Crippen LogP contribution in [0.5, 0.6) is 0 Å². The largest absolute Gasteiger partial charge is 0.153 e. The molecule has 6 heteroatoms. The van der Waals surface area contributed by atoms with Crippen LogP contribution in [-0.2, 0) is 0 Å². The SMILES string of the molecule is ClSC(I)(I)C(I)I. The van der Waals surface area contributed by atoms with E-state index < -0.39 is 0 Å². The zero-order valence-corrected chi connectivity index (χ0v) is 13.6. The predicted octanol–water partition coefficient (Wildman–Crippen LogP) is 4.59. The molecule has 0 atom stereocenters. The molecule has 0 rings (SSSR count). The summed E-state index contributed by atoms with van der Waals surface area (Å²) in [7, 11) is 6.95. The molecule has 0 aromatic carbocycles. The summed E-state index contributed by atoms with van der Waals surface area (Å²) in [5.74, 6) is 0. The second-order valence-electron chi connectivity index (χ2n) is 0.940. The van der Waals surface area contributed by atoms with Crippen LogP contribution in [0.25, 0.3) is 0 Å². The smallest absolute Gasteiger partial charge is 0.0676 e. The number of halogens is 5. The minimum Gasteiger partial charge on any atom is -0.0676 e. The molecule has 0 amide bonds. The molecule has 0 aliphatic carbocycles. The van der Waals surface area contributed by atoms with Crippen molar-refractivity contribution in [2.24, 2.45) is 0 Å². The van der Waals surface area contributed by atoms with Gasteiger partial charge in [0.05, 0.1) is 1.93 Å². The van der Waals surface area contributed by atoms with E-state index >= 15 is 0 Å². The molecule has 50 valence electrons. The molecular weight excluding hydrogens is 599 g/mol. The Hall–Kier alpha value is 3.56. The van der Waals surface area contributed by atoms with Gasteiger partial charge >= 0.3 is 0 Å². The summed E-state index contributed by atoms with van der Waals surface area (Å²) in [6, 6.07) is 0. The minimum absolute atomic E-state index is 0.137. The number of hydrogen-bond acceptors (Lipinski definition) is 1. The van der Waals surface area contributed by atoms with E-state index in [-0.39, 0.29) is 0.760 Å². The molecule has 0 spiro atoms. The molecule has 8 heavy (non-hydrogen) atoms. The average molecular weight is 600 g/mol. The van der Waals surface area contributed by atoms with Crippen LogP contribution in [0, 0.1) is 0 Å². The van der Waals surface area contributed by atoms with E-state index in [4.69, 9.17) is 10.7 Å². The summed E-state index contributed by atoms with van der Waals surface area (Å²) < 4.78 is 0.694. The van der Waals surface area contributed by atoms with Crippen LogP contribution in [0.4, 0.5) is 0 Å². The summed E-state index contributed by atoms with van der Waals surface area (Å²) in [6.45, 7) is 0. The molecular formula is C2HClI4S. The van der Waals surface area contributed by atoms with Crippen LogP contribution in [0.15, 0.2) is 0 Å².